The average Bonchev–Trinajstić information content (AvgIpc) is 3.00. The normalized spacial score (nSPS) is 11.8. The van der Waals surface area contributed by atoms with Gasteiger partial charge in [0.15, 0.2) is 5.96 Å². The van der Waals surface area contributed by atoms with Gasteiger partial charge in [0.2, 0.25) is 10.0 Å². The lowest BCUT2D eigenvalue weighted by Gasteiger charge is -2.21. The highest BCUT2D eigenvalue weighted by Gasteiger charge is 2.11. The van der Waals surface area contributed by atoms with Crippen LogP contribution in [0.25, 0.3) is 0 Å². The highest BCUT2D eigenvalue weighted by Crippen LogP contribution is 2.11. The second-order valence-electron chi connectivity index (χ2n) is 5.47. The van der Waals surface area contributed by atoms with Gasteiger partial charge in [-0.05, 0) is 31.7 Å². The van der Waals surface area contributed by atoms with Crippen LogP contribution < -0.4 is 10.0 Å². The molecule has 0 aliphatic carbocycles. The number of sulfonamides is 1. The molecule has 0 atom stereocenters. The maximum Gasteiger partial charge on any atom is 0.240 e. The Morgan fingerprint density at radius 1 is 1.31 bits per heavy atom. The highest BCUT2D eigenvalue weighted by molar-refractivity contribution is 14.0. The van der Waals surface area contributed by atoms with Gasteiger partial charge < -0.3 is 10.2 Å². The number of aryl methyl sites for hydroxylation is 1. The first-order chi connectivity index (χ1) is 11.9. The van der Waals surface area contributed by atoms with Gasteiger partial charge in [-0.15, -0.1) is 35.3 Å². The van der Waals surface area contributed by atoms with Crippen molar-refractivity contribution in [2.45, 2.75) is 24.9 Å². The first-order valence-electron chi connectivity index (χ1n) is 7.71. The molecule has 144 valence electrons. The second-order valence-corrected chi connectivity index (χ2v) is 8.41. The molecular weight excluding hydrogens is 485 g/mol. The number of thiazole rings is 1. The van der Waals surface area contributed by atoms with E-state index in [0.717, 1.165) is 22.2 Å². The summed E-state index contributed by atoms with van der Waals surface area (Å²) in [6.07, 6.45) is 0. The Hall–Kier alpha value is -1.24. The molecule has 0 amide bonds. The number of halogens is 1. The van der Waals surface area contributed by atoms with Crippen molar-refractivity contribution < 1.29 is 8.42 Å². The average molecular weight is 509 g/mol. The van der Waals surface area contributed by atoms with Gasteiger partial charge in [-0.1, -0.05) is 12.1 Å². The first kappa shape index (κ1) is 22.8. The summed E-state index contributed by atoms with van der Waals surface area (Å²) < 4.78 is 25.8. The van der Waals surface area contributed by atoms with E-state index in [1.807, 2.05) is 24.3 Å². The molecule has 0 unspecified atom stereocenters. The largest absolute Gasteiger partial charge is 0.352 e. The van der Waals surface area contributed by atoms with Crippen LogP contribution in [0.2, 0.25) is 0 Å². The van der Waals surface area contributed by atoms with Crippen LogP contribution in [0.15, 0.2) is 39.5 Å². The van der Waals surface area contributed by atoms with Crippen LogP contribution in [0, 0.1) is 6.92 Å². The zero-order valence-electron chi connectivity index (χ0n) is 15.2. The van der Waals surface area contributed by atoms with Crippen molar-refractivity contribution in [2.75, 3.05) is 21.1 Å². The summed E-state index contributed by atoms with van der Waals surface area (Å²) in [6.45, 7) is 3.20. The standard InChI is InChI=1S/C16H23N5O2S2.HI/c1-12-20-14(11-24-12)10-21(4)16(17-2)19-9-13-5-7-15(8-6-13)25(22,23)18-3;/h5-8,11,18H,9-10H2,1-4H3,(H,17,19);1H. The Balaban J connectivity index is 0.00000338. The van der Waals surface area contributed by atoms with Gasteiger partial charge in [-0.2, -0.15) is 0 Å². The molecule has 2 N–H and O–H groups in total. The van der Waals surface area contributed by atoms with E-state index in [2.05, 4.69) is 20.0 Å². The lowest BCUT2D eigenvalue weighted by Crippen LogP contribution is -2.38. The van der Waals surface area contributed by atoms with Crippen molar-refractivity contribution in [3.05, 3.63) is 45.9 Å². The number of aliphatic imine (C=N–C) groups is 1. The maximum atomic E-state index is 11.7. The smallest absolute Gasteiger partial charge is 0.240 e. The summed E-state index contributed by atoms with van der Waals surface area (Å²) in [7, 11) is 1.67. The molecule has 7 nitrogen and oxygen atoms in total. The summed E-state index contributed by atoms with van der Waals surface area (Å²) in [5.74, 6) is 0.748. The Morgan fingerprint density at radius 3 is 2.46 bits per heavy atom. The van der Waals surface area contributed by atoms with Crippen LogP contribution in [-0.4, -0.2) is 45.4 Å². The molecule has 0 bridgehead atoms. The van der Waals surface area contributed by atoms with Crippen LogP contribution in [0.3, 0.4) is 0 Å². The molecule has 1 heterocycles. The quantitative estimate of drug-likeness (QED) is 0.354. The molecule has 0 saturated heterocycles. The van der Waals surface area contributed by atoms with Crippen molar-refractivity contribution in [1.29, 1.82) is 0 Å². The predicted octanol–water partition coefficient (Wildman–Crippen LogP) is 2.19. The number of aromatic nitrogens is 1. The molecule has 0 radical (unpaired) electrons. The summed E-state index contributed by atoms with van der Waals surface area (Å²) in [5, 5.41) is 6.36. The number of hydrogen-bond acceptors (Lipinski definition) is 5. The van der Waals surface area contributed by atoms with Crippen LogP contribution in [-0.2, 0) is 23.1 Å². The van der Waals surface area contributed by atoms with E-state index < -0.39 is 10.0 Å². The van der Waals surface area contributed by atoms with Gasteiger partial charge in [-0.3, -0.25) is 4.99 Å². The van der Waals surface area contributed by atoms with E-state index in [9.17, 15) is 8.42 Å². The lowest BCUT2D eigenvalue weighted by atomic mass is 10.2. The van der Waals surface area contributed by atoms with Gasteiger partial charge in [0, 0.05) is 26.0 Å². The summed E-state index contributed by atoms with van der Waals surface area (Å²) in [5.41, 5.74) is 1.98. The maximum absolute atomic E-state index is 11.7. The molecule has 10 heteroatoms. The van der Waals surface area contributed by atoms with E-state index >= 15 is 0 Å². The van der Waals surface area contributed by atoms with Crippen molar-refractivity contribution in [2.24, 2.45) is 4.99 Å². The molecule has 2 rings (SSSR count). The fourth-order valence-corrected chi connectivity index (χ4v) is 3.60. The Kier molecular flexibility index (Phi) is 8.93. The van der Waals surface area contributed by atoms with Crippen molar-refractivity contribution >= 4 is 51.3 Å². The summed E-state index contributed by atoms with van der Waals surface area (Å²) in [4.78, 5) is 11.0. The molecule has 0 spiro atoms. The lowest BCUT2D eigenvalue weighted by molar-refractivity contribution is 0.470. The fraction of sp³-hybridized carbons (Fsp3) is 0.375. The number of benzene rings is 1. The van der Waals surface area contributed by atoms with Gasteiger partial charge in [0.05, 0.1) is 22.1 Å². The van der Waals surface area contributed by atoms with Crippen molar-refractivity contribution in [3.8, 4) is 0 Å². The minimum Gasteiger partial charge on any atom is -0.352 e. The Morgan fingerprint density at radius 2 is 1.96 bits per heavy atom. The summed E-state index contributed by atoms with van der Waals surface area (Å²) in [6, 6.07) is 6.75. The molecule has 1 aromatic carbocycles. The van der Waals surface area contributed by atoms with E-state index in [4.69, 9.17) is 0 Å². The van der Waals surface area contributed by atoms with Gasteiger partial charge >= 0.3 is 0 Å². The van der Waals surface area contributed by atoms with Gasteiger partial charge in [0.25, 0.3) is 0 Å². The van der Waals surface area contributed by atoms with Crippen LogP contribution in [0.4, 0.5) is 0 Å². The van der Waals surface area contributed by atoms with E-state index in [0.29, 0.717) is 13.1 Å². The van der Waals surface area contributed by atoms with Gasteiger partial charge in [-0.25, -0.2) is 18.1 Å². The van der Waals surface area contributed by atoms with E-state index in [1.54, 1.807) is 42.6 Å². The van der Waals surface area contributed by atoms with E-state index in [1.165, 1.54) is 7.05 Å². The third-order valence-electron chi connectivity index (χ3n) is 3.59. The summed E-state index contributed by atoms with van der Waals surface area (Å²) >= 11 is 1.63. The molecule has 2 aromatic rings. The SMILES string of the molecule is CN=C(NCc1ccc(S(=O)(=O)NC)cc1)N(C)Cc1csc(C)n1.I. The van der Waals surface area contributed by atoms with Crippen molar-refractivity contribution in [1.82, 2.24) is 19.9 Å². The molecule has 0 saturated carbocycles. The highest BCUT2D eigenvalue weighted by atomic mass is 127. The third-order valence-corrected chi connectivity index (χ3v) is 5.84. The topological polar surface area (TPSA) is 86.7 Å². The van der Waals surface area contributed by atoms with Crippen LogP contribution in [0.1, 0.15) is 16.3 Å². The molecular formula is C16H24IN5O2S2. The predicted molar refractivity (Wildman–Crippen MR) is 117 cm³/mol. The number of hydrogen-bond donors (Lipinski definition) is 2. The Labute approximate surface area is 176 Å². The molecule has 0 aliphatic heterocycles. The van der Waals surface area contributed by atoms with Gasteiger partial charge in [0.1, 0.15) is 0 Å². The molecule has 1 aromatic heterocycles. The number of nitrogens with one attached hydrogen (secondary N) is 2. The van der Waals surface area contributed by atoms with E-state index in [-0.39, 0.29) is 28.9 Å². The van der Waals surface area contributed by atoms with Crippen LogP contribution >= 0.6 is 35.3 Å². The second kappa shape index (κ2) is 10.2. The van der Waals surface area contributed by atoms with Crippen LogP contribution in [0.5, 0.6) is 0 Å². The monoisotopic (exact) mass is 509 g/mol. The molecule has 0 fully saturated rings. The number of guanidine groups is 1. The third kappa shape index (κ3) is 6.18. The first-order valence-corrected chi connectivity index (χ1v) is 10.1. The van der Waals surface area contributed by atoms with Crippen molar-refractivity contribution in [3.63, 3.8) is 0 Å². The minimum atomic E-state index is -3.41. The zero-order chi connectivity index (χ0) is 18.4. The zero-order valence-corrected chi connectivity index (χ0v) is 19.1. The fourth-order valence-electron chi connectivity index (χ4n) is 2.27. The minimum absolute atomic E-state index is 0. The Bertz CT molecular complexity index is 835. The number of rotatable bonds is 6. The molecule has 26 heavy (non-hydrogen) atoms. The molecule has 0 aliphatic rings. The number of nitrogens with zero attached hydrogens (tertiary/aromatic N) is 3.